The van der Waals surface area contributed by atoms with Crippen molar-refractivity contribution in [1.29, 1.82) is 0 Å². The third-order valence-corrected chi connectivity index (χ3v) is 4.13. The topological polar surface area (TPSA) is 55.6 Å². The number of anilines is 1. The minimum atomic E-state index is 0.531. The van der Waals surface area contributed by atoms with Gasteiger partial charge >= 0.3 is 0 Å². The molecule has 2 heterocycles. The van der Waals surface area contributed by atoms with Gasteiger partial charge < -0.3 is 5.32 Å². The first-order valence-corrected chi connectivity index (χ1v) is 7.13. The Morgan fingerprint density at radius 1 is 1.21 bits per heavy atom. The molecule has 2 atom stereocenters. The van der Waals surface area contributed by atoms with E-state index in [1.165, 1.54) is 32.1 Å². The van der Waals surface area contributed by atoms with Gasteiger partial charge in [0.2, 0.25) is 0 Å². The lowest BCUT2D eigenvalue weighted by molar-refractivity contribution is 0.502. The Morgan fingerprint density at radius 3 is 3.00 bits per heavy atom. The molecule has 2 aromatic rings. The van der Waals surface area contributed by atoms with Gasteiger partial charge in [0.15, 0.2) is 5.65 Å². The van der Waals surface area contributed by atoms with Crippen LogP contribution in [0, 0.1) is 5.92 Å². The third-order valence-electron chi connectivity index (χ3n) is 4.13. The molecular weight excluding hydrogens is 238 g/mol. The zero-order valence-corrected chi connectivity index (χ0v) is 11.6. The molecule has 0 amide bonds. The number of aryl methyl sites for hydroxylation is 1. The molecule has 2 unspecified atom stereocenters. The van der Waals surface area contributed by atoms with Gasteiger partial charge in [0.25, 0.3) is 0 Å². The zero-order valence-electron chi connectivity index (χ0n) is 11.6. The molecular formula is C14H21N5. The number of fused-ring (bicyclic) bond motifs is 1. The highest BCUT2D eigenvalue weighted by molar-refractivity contribution is 5.86. The summed E-state index contributed by atoms with van der Waals surface area (Å²) in [6.45, 7) is 2.35. The van der Waals surface area contributed by atoms with Gasteiger partial charge in [-0.25, -0.2) is 9.97 Å². The van der Waals surface area contributed by atoms with Crippen molar-refractivity contribution in [3.8, 4) is 0 Å². The maximum Gasteiger partial charge on any atom is 0.163 e. The van der Waals surface area contributed by atoms with Crippen molar-refractivity contribution in [3.63, 3.8) is 0 Å². The number of hydrogen-bond donors (Lipinski definition) is 1. The Morgan fingerprint density at radius 2 is 2.11 bits per heavy atom. The smallest absolute Gasteiger partial charge is 0.163 e. The Bertz CT molecular complexity index is 562. The van der Waals surface area contributed by atoms with E-state index in [2.05, 4.69) is 27.3 Å². The Hall–Kier alpha value is -1.65. The summed E-state index contributed by atoms with van der Waals surface area (Å²) < 4.78 is 1.79. The standard InChI is InChI=1S/C14H21N5/c1-10-4-3-5-11(7-6-10)18-13-12-8-17-19(2)14(12)16-9-15-13/h8-11H,3-7H2,1-2H3,(H,15,16,18). The minimum absolute atomic E-state index is 0.531. The molecule has 1 aliphatic carbocycles. The van der Waals surface area contributed by atoms with Crippen molar-refractivity contribution in [2.24, 2.45) is 13.0 Å². The molecule has 0 aliphatic heterocycles. The largest absolute Gasteiger partial charge is 0.367 e. The molecule has 0 bridgehead atoms. The molecule has 0 aromatic carbocycles. The van der Waals surface area contributed by atoms with Crippen LogP contribution >= 0.6 is 0 Å². The fourth-order valence-electron chi connectivity index (χ4n) is 2.90. The molecule has 19 heavy (non-hydrogen) atoms. The van der Waals surface area contributed by atoms with Crippen LogP contribution in [0.25, 0.3) is 11.0 Å². The van der Waals surface area contributed by atoms with E-state index in [1.807, 2.05) is 13.2 Å². The summed E-state index contributed by atoms with van der Waals surface area (Å²) >= 11 is 0. The molecule has 5 nitrogen and oxygen atoms in total. The highest BCUT2D eigenvalue weighted by atomic mass is 15.3. The predicted octanol–water partition coefficient (Wildman–Crippen LogP) is 2.74. The quantitative estimate of drug-likeness (QED) is 0.843. The lowest BCUT2D eigenvalue weighted by Gasteiger charge is -2.17. The number of hydrogen-bond acceptors (Lipinski definition) is 4. The molecule has 2 aromatic heterocycles. The summed E-state index contributed by atoms with van der Waals surface area (Å²) in [5.41, 5.74) is 0.888. The first-order chi connectivity index (χ1) is 9.24. The van der Waals surface area contributed by atoms with E-state index in [9.17, 15) is 0 Å². The Kier molecular flexibility index (Phi) is 3.36. The van der Waals surface area contributed by atoms with Gasteiger partial charge in [-0.15, -0.1) is 0 Å². The lowest BCUT2D eigenvalue weighted by atomic mass is 10.0. The van der Waals surface area contributed by atoms with Crippen LogP contribution in [0.2, 0.25) is 0 Å². The van der Waals surface area contributed by atoms with Gasteiger partial charge in [0.05, 0.1) is 11.6 Å². The van der Waals surface area contributed by atoms with Crippen molar-refractivity contribution in [2.75, 3.05) is 5.32 Å². The van der Waals surface area contributed by atoms with Crippen molar-refractivity contribution in [3.05, 3.63) is 12.5 Å². The molecule has 1 saturated carbocycles. The van der Waals surface area contributed by atoms with E-state index in [-0.39, 0.29) is 0 Å². The van der Waals surface area contributed by atoms with E-state index in [0.29, 0.717) is 6.04 Å². The van der Waals surface area contributed by atoms with Crippen molar-refractivity contribution >= 4 is 16.9 Å². The van der Waals surface area contributed by atoms with Crippen LogP contribution in [0.4, 0.5) is 5.82 Å². The highest BCUT2D eigenvalue weighted by Gasteiger charge is 2.17. The summed E-state index contributed by atoms with van der Waals surface area (Å²) in [4.78, 5) is 8.66. The first kappa shape index (κ1) is 12.4. The Balaban J connectivity index is 1.81. The summed E-state index contributed by atoms with van der Waals surface area (Å²) in [5, 5.41) is 8.86. The number of rotatable bonds is 2. The lowest BCUT2D eigenvalue weighted by Crippen LogP contribution is -2.19. The zero-order chi connectivity index (χ0) is 13.2. The molecule has 0 saturated heterocycles. The van der Waals surface area contributed by atoms with Crippen LogP contribution < -0.4 is 5.32 Å². The number of aromatic nitrogens is 4. The van der Waals surface area contributed by atoms with E-state index in [1.54, 1.807) is 11.0 Å². The fourth-order valence-corrected chi connectivity index (χ4v) is 2.90. The summed E-state index contributed by atoms with van der Waals surface area (Å²) in [6.07, 6.45) is 9.88. The number of nitrogens with zero attached hydrogens (tertiary/aromatic N) is 4. The SMILES string of the molecule is CC1CCCC(Nc2ncnc3c2cnn3C)CC1. The van der Waals surface area contributed by atoms with Crippen LogP contribution in [0.1, 0.15) is 39.0 Å². The number of nitrogens with one attached hydrogen (secondary N) is 1. The van der Waals surface area contributed by atoms with E-state index < -0.39 is 0 Å². The molecule has 0 spiro atoms. The molecule has 0 radical (unpaired) electrons. The maximum absolute atomic E-state index is 4.39. The van der Waals surface area contributed by atoms with Crippen LogP contribution in [0.15, 0.2) is 12.5 Å². The second kappa shape index (κ2) is 5.15. The monoisotopic (exact) mass is 259 g/mol. The summed E-state index contributed by atoms with van der Waals surface area (Å²) in [7, 11) is 1.91. The average molecular weight is 259 g/mol. The van der Waals surface area contributed by atoms with Crippen molar-refractivity contribution in [2.45, 2.75) is 45.1 Å². The first-order valence-electron chi connectivity index (χ1n) is 7.13. The van der Waals surface area contributed by atoms with Gasteiger partial charge in [-0.3, -0.25) is 4.68 Å². The van der Waals surface area contributed by atoms with Gasteiger partial charge in [-0.05, 0) is 25.2 Å². The van der Waals surface area contributed by atoms with E-state index in [0.717, 1.165) is 22.8 Å². The molecule has 1 fully saturated rings. The van der Waals surface area contributed by atoms with Crippen molar-refractivity contribution < 1.29 is 0 Å². The van der Waals surface area contributed by atoms with Crippen molar-refractivity contribution in [1.82, 2.24) is 19.7 Å². The van der Waals surface area contributed by atoms with Crippen LogP contribution in [-0.4, -0.2) is 25.8 Å². The van der Waals surface area contributed by atoms with Gasteiger partial charge in [-0.2, -0.15) is 5.10 Å². The average Bonchev–Trinajstić information content (AvgIpc) is 2.66. The minimum Gasteiger partial charge on any atom is -0.367 e. The van der Waals surface area contributed by atoms with E-state index >= 15 is 0 Å². The normalized spacial score (nSPS) is 24.3. The highest BCUT2D eigenvalue weighted by Crippen LogP contribution is 2.26. The van der Waals surface area contributed by atoms with E-state index in [4.69, 9.17) is 0 Å². The third kappa shape index (κ3) is 2.55. The molecule has 1 N–H and O–H groups in total. The van der Waals surface area contributed by atoms with Gasteiger partial charge in [0, 0.05) is 13.1 Å². The van der Waals surface area contributed by atoms with Crippen LogP contribution in [0.5, 0.6) is 0 Å². The van der Waals surface area contributed by atoms with Crippen LogP contribution in [0.3, 0.4) is 0 Å². The fraction of sp³-hybridized carbons (Fsp3) is 0.643. The molecule has 1 aliphatic rings. The van der Waals surface area contributed by atoms with Gasteiger partial charge in [0.1, 0.15) is 12.1 Å². The molecule has 102 valence electrons. The van der Waals surface area contributed by atoms with Crippen LogP contribution in [-0.2, 0) is 7.05 Å². The maximum atomic E-state index is 4.39. The van der Waals surface area contributed by atoms with Gasteiger partial charge in [-0.1, -0.05) is 19.8 Å². The summed E-state index contributed by atoms with van der Waals surface area (Å²) in [5.74, 6) is 1.79. The summed E-state index contributed by atoms with van der Waals surface area (Å²) in [6, 6.07) is 0.531. The predicted molar refractivity (Wildman–Crippen MR) is 76.0 cm³/mol. The second-order valence-corrected chi connectivity index (χ2v) is 5.68. The second-order valence-electron chi connectivity index (χ2n) is 5.68. The Labute approximate surface area is 113 Å². The molecule has 3 rings (SSSR count). The molecule has 5 heteroatoms.